The van der Waals surface area contributed by atoms with Gasteiger partial charge in [0.25, 0.3) is 5.91 Å². The van der Waals surface area contributed by atoms with Crippen molar-refractivity contribution in [3.05, 3.63) is 33.7 Å². The molecule has 114 valence electrons. The van der Waals surface area contributed by atoms with E-state index < -0.39 is 11.9 Å². The highest BCUT2D eigenvalue weighted by Crippen LogP contribution is 2.10. The summed E-state index contributed by atoms with van der Waals surface area (Å²) in [7, 11) is 3.30. The third kappa shape index (κ3) is 3.13. The molecule has 0 aliphatic carbocycles. The molecular weight excluding hydrogens is 272 g/mol. The van der Waals surface area contributed by atoms with Crippen LogP contribution >= 0.6 is 0 Å². The number of aryl methyl sites for hydroxylation is 1. The first kappa shape index (κ1) is 15.2. The van der Waals surface area contributed by atoms with Gasteiger partial charge in [-0.15, -0.1) is 0 Å². The maximum Gasteiger partial charge on any atom is 0.260 e. The smallest absolute Gasteiger partial charge is 0.260 e. The van der Waals surface area contributed by atoms with Crippen LogP contribution in [0, 0.1) is 6.92 Å². The average molecular weight is 292 g/mol. The van der Waals surface area contributed by atoms with E-state index in [0.29, 0.717) is 25.3 Å². The Morgan fingerprint density at radius 2 is 2.10 bits per heavy atom. The Morgan fingerprint density at radius 1 is 1.38 bits per heavy atom. The number of likely N-dealkylation sites (N-methyl/N-ethyl adjacent to an activating group) is 1. The van der Waals surface area contributed by atoms with Crippen LogP contribution in [0.1, 0.15) is 16.1 Å². The molecule has 7 nitrogen and oxygen atoms in total. The molecule has 1 fully saturated rings. The van der Waals surface area contributed by atoms with Crippen molar-refractivity contribution in [1.82, 2.24) is 20.1 Å². The molecule has 1 aliphatic heterocycles. The van der Waals surface area contributed by atoms with E-state index in [0.717, 1.165) is 0 Å². The fraction of sp³-hybridized carbons (Fsp3) is 0.500. The lowest BCUT2D eigenvalue weighted by molar-refractivity contribution is -0.134. The quantitative estimate of drug-likeness (QED) is 0.746. The maximum absolute atomic E-state index is 12.6. The van der Waals surface area contributed by atoms with Gasteiger partial charge in [0, 0.05) is 51.7 Å². The van der Waals surface area contributed by atoms with Crippen molar-refractivity contribution in [3.63, 3.8) is 0 Å². The summed E-state index contributed by atoms with van der Waals surface area (Å²) >= 11 is 0. The van der Waals surface area contributed by atoms with Gasteiger partial charge >= 0.3 is 0 Å². The summed E-state index contributed by atoms with van der Waals surface area (Å²) in [4.78, 5) is 42.5. The number of aromatic amines is 1. The number of carbonyl (C=O) groups excluding carboxylic acids is 2. The molecule has 2 rings (SSSR count). The summed E-state index contributed by atoms with van der Waals surface area (Å²) in [6, 6.07) is 0.806. The molecule has 21 heavy (non-hydrogen) atoms. The largest absolute Gasteiger partial charge is 0.364 e. The minimum atomic E-state index is -0.582. The van der Waals surface area contributed by atoms with E-state index in [1.54, 1.807) is 21.0 Å². The first-order valence-corrected chi connectivity index (χ1v) is 6.84. The zero-order valence-corrected chi connectivity index (χ0v) is 12.5. The van der Waals surface area contributed by atoms with Gasteiger partial charge in [-0.1, -0.05) is 0 Å². The van der Waals surface area contributed by atoms with E-state index in [2.05, 4.69) is 10.3 Å². The highest BCUT2D eigenvalue weighted by Gasteiger charge is 2.34. The Bertz CT molecular complexity index is 608. The van der Waals surface area contributed by atoms with Crippen molar-refractivity contribution >= 4 is 11.8 Å². The third-order valence-electron chi connectivity index (χ3n) is 3.52. The number of rotatable bonds is 2. The normalized spacial score (nSPS) is 18.4. The number of nitrogens with zero attached hydrogens (tertiary/aromatic N) is 2. The van der Waals surface area contributed by atoms with Crippen LogP contribution in [0.25, 0.3) is 0 Å². The molecule has 0 radical (unpaired) electrons. The van der Waals surface area contributed by atoms with Gasteiger partial charge in [0.15, 0.2) is 5.43 Å². The number of hydrogen-bond acceptors (Lipinski definition) is 4. The van der Waals surface area contributed by atoms with Gasteiger partial charge in [-0.2, -0.15) is 0 Å². The first-order chi connectivity index (χ1) is 9.91. The number of aromatic nitrogens is 1. The number of amides is 2. The Hall–Kier alpha value is -2.15. The molecule has 0 aromatic carbocycles. The molecular formula is C14H20N4O3. The van der Waals surface area contributed by atoms with Crippen molar-refractivity contribution in [1.29, 1.82) is 0 Å². The van der Waals surface area contributed by atoms with E-state index in [9.17, 15) is 14.4 Å². The first-order valence-electron chi connectivity index (χ1n) is 6.84. The summed E-state index contributed by atoms with van der Waals surface area (Å²) in [5.41, 5.74) is 0.433. The summed E-state index contributed by atoms with van der Waals surface area (Å²) < 4.78 is 0. The van der Waals surface area contributed by atoms with E-state index in [1.165, 1.54) is 22.1 Å². The van der Waals surface area contributed by atoms with Crippen LogP contribution < -0.4 is 10.7 Å². The molecule has 2 N–H and O–H groups in total. The predicted octanol–water partition coefficient (Wildman–Crippen LogP) is -0.814. The number of carbonyl (C=O) groups is 2. The molecule has 2 amide bonds. The summed E-state index contributed by atoms with van der Waals surface area (Å²) in [6.45, 7) is 3.15. The Morgan fingerprint density at radius 3 is 2.71 bits per heavy atom. The lowest BCUT2D eigenvalue weighted by Crippen LogP contribution is -2.59. The van der Waals surface area contributed by atoms with E-state index in [4.69, 9.17) is 0 Å². The van der Waals surface area contributed by atoms with Crippen LogP contribution in [-0.2, 0) is 4.79 Å². The lowest BCUT2D eigenvalue weighted by atomic mass is 10.1. The minimum absolute atomic E-state index is 0.0686. The van der Waals surface area contributed by atoms with Gasteiger partial charge in [0.05, 0.1) is 0 Å². The van der Waals surface area contributed by atoms with E-state index in [-0.39, 0.29) is 16.9 Å². The second-order valence-electron chi connectivity index (χ2n) is 5.35. The fourth-order valence-corrected chi connectivity index (χ4v) is 2.36. The molecule has 0 saturated carbocycles. The lowest BCUT2D eigenvalue weighted by Gasteiger charge is -2.36. The van der Waals surface area contributed by atoms with Crippen molar-refractivity contribution in [3.8, 4) is 0 Å². The molecule has 1 aromatic heterocycles. The number of piperazine rings is 1. The average Bonchev–Trinajstić information content (AvgIpc) is 2.45. The maximum atomic E-state index is 12.6. The topological polar surface area (TPSA) is 85.5 Å². The molecule has 0 spiro atoms. The molecule has 2 heterocycles. The van der Waals surface area contributed by atoms with Crippen LogP contribution in [0.5, 0.6) is 0 Å². The van der Waals surface area contributed by atoms with Gasteiger partial charge in [-0.25, -0.2) is 0 Å². The zero-order valence-electron chi connectivity index (χ0n) is 12.5. The molecule has 1 aliphatic rings. The zero-order chi connectivity index (χ0) is 15.6. The predicted molar refractivity (Wildman–Crippen MR) is 78.2 cm³/mol. The monoisotopic (exact) mass is 292 g/mol. The van der Waals surface area contributed by atoms with Crippen molar-refractivity contribution in [2.45, 2.75) is 13.0 Å². The van der Waals surface area contributed by atoms with Crippen LogP contribution in [0.2, 0.25) is 0 Å². The fourth-order valence-electron chi connectivity index (χ4n) is 2.36. The van der Waals surface area contributed by atoms with Crippen LogP contribution in [0.3, 0.4) is 0 Å². The number of pyridine rings is 1. The Balaban J connectivity index is 2.30. The summed E-state index contributed by atoms with van der Waals surface area (Å²) in [5.74, 6) is -0.558. The summed E-state index contributed by atoms with van der Waals surface area (Å²) in [6.07, 6.45) is 1.42. The number of H-pyrrole nitrogens is 1. The molecule has 0 bridgehead atoms. The standard InChI is InChI=1S/C14H20N4O3/c1-9-6-12(19)10(7-16-9)13(20)18-5-4-15-8-11(18)14(21)17(2)3/h6-7,11,15H,4-5,8H2,1-3H3,(H,16,19). The van der Waals surface area contributed by atoms with Gasteiger partial charge < -0.3 is 20.1 Å². The minimum Gasteiger partial charge on any atom is -0.364 e. The Labute approximate surface area is 122 Å². The molecule has 1 aromatic rings. The van der Waals surface area contributed by atoms with Crippen LogP contribution in [-0.4, -0.2) is 66.4 Å². The van der Waals surface area contributed by atoms with Gasteiger partial charge in [0.2, 0.25) is 5.91 Å². The molecule has 1 atom stereocenters. The molecule has 1 unspecified atom stereocenters. The SMILES string of the molecule is Cc1cc(=O)c(C(=O)N2CCNCC2C(=O)N(C)C)c[nH]1. The van der Waals surface area contributed by atoms with Crippen molar-refractivity contribution < 1.29 is 9.59 Å². The molecule has 1 saturated heterocycles. The highest BCUT2D eigenvalue weighted by molar-refractivity contribution is 5.97. The van der Waals surface area contributed by atoms with Crippen LogP contribution in [0.4, 0.5) is 0 Å². The molecule has 7 heteroatoms. The number of nitrogens with one attached hydrogen (secondary N) is 2. The van der Waals surface area contributed by atoms with Gasteiger partial charge in [0.1, 0.15) is 11.6 Å². The van der Waals surface area contributed by atoms with Gasteiger partial charge in [-0.3, -0.25) is 14.4 Å². The third-order valence-corrected chi connectivity index (χ3v) is 3.52. The van der Waals surface area contributed by atoms with Gasteiger partial charge in [-0.05, 0) is 6.92 Å². The second-order valence-corrected chi connectivity index (χ2v) is 5.35. The number of hydrogen-bond donors (Lipinski definition) is 2. The Kier molecular flexibility index (Phi) is 4.42. The van der Waals surface area contributed by atoms with Crippen molar-refractivity contribution in [2.75, 3.05) is 33.7 Å². The highest BCUT2D eigenvalue weighted by atomic mass is 16.2. The van der Waals surface area contributed by atoms with Crippen LogP contribution in [0.15, 0.2) is 17.1 Å². The second kappa shape index (κ2) is 6.09. The van der Waals surface area contributed by atoms with E-state index >= 15 is 0 Å². The van der Waals surface area contributed by atoms with E-state index in [1.807, 2.05) is 0 Å². The summed E-state index contributed by atoms with van der Waals surface area (Å²) in [5, 5.41) is 3.10. The van der Waals surface area contributed by atoms with Crippen molar-refractivity contribution in [2.24, 2.45) is 0 Å².